The molecule has 178 valence electrons. The van der Waals surface area contributed by atoms with Crippen LogP contribution in [0.5, 0.6) is 0 Å². The summed E-state index contributed by atoms with van der Waals surface area (Å²) < 4.78 is 27.5. The Morgan fingerprint density at radius 2 is 2.21 bits per heavy atom. The standard InChI is InChI=1S/C21H29N7O3S2/c1-5-17(26(3)21(29)19-15(7-9-32-19)25-33(4,30)31)16-10-18-23-20(13(2)11-28(18)24-16)27-8-6-14(22)12-27/h7,9-11,14,17,25H,5-6,8,12,22H2,1-4H3/t14-,17-/m0/s1. The molecule has 1 fully saturated rings. The molecule has 3 aromatic heterocycles. The zero-order valence-electron chi connectivity index (χ0n) is 19.1. The van der Waals surface area contributed by atoms with Gasteiger partial charge in [0.05, 0.1) is 23.7 Å². The van der Waals surface area contributed by atoms with Gasteiger partial charge in [-0.15, -0.1) is 11.3 Å². The van der Waals surface area contributed by atoms with Crippen LogP contribution in [0.1, 0.15) is 46.7 Å². The molecule has 1 saturated heterocycles. The number of rotatable bonds is 7. The molecule has 33 heavy (non-hydrogen) atoms. The van der Waals surface area contributed by atoms with E-state index in [0.29, 0.717) is 16.9 Å². The average Bonchev–Trinajstić information content (AvgIpc) is 3.46. The van der Waals surface area contributed by atoms with Crippen molar-refractivity contribution in [2.75, 3.05) is 36.0 Å². The third-order valence-electron chi connectivity index (χ3n) is 5.82. The number of nitrogens with zero attached hydrogens (tertiary/aromatic N) is 5. The first-order chi connectivity index (χ1) is 15.6. The molecule has 12 heteroatoms. The molecule has 4 rings (SSSR count). The molecule has 1 aliphatic heterocycles. The lowest BCUT2D eigenvalue weighted by atomic mass is 10.1. The number of sulfonamides is 1. The van der Waals surface area contributed by atoms with Gasteiger partial charge in [0.25, 0.3) is 5.91 Å². The highest BCUT2D eigenvalue weighted by Crippen LogP contribution is 2.30. The molecule has 0 aliphatic carbocycles. The first-order valence-electron chi connectivity index (χ1n) is 10.8. The normalized spacial score (nSPS) is 17.5. The van der Waals surface area contributed by atoms with Crippen LogP contribution in [0.15, 0.2) is 23.7 Å². The van der Waals surface area contributed by atoms with Gasteiger partial charge in [-0.3, -0.25) is 9.52 Å². The smallest absolute Gasteiger partial charge is 0.266 e. The Labute approximate surface area is 197 Å². The summed E-state index contributed by atoms with van der Waals surface area (Å²) in [6.45, 7) is 5.65. The number of anilines is 2. The summed E-state index contributed by atoms with van der Waals surface area (Å²) >= 11 is 1.20. The van der Waals surface area contributed by atoms with Crippen LogP contribution in [0.4, 0.5) is 11.5 Å². The second-order valence-electron chi connectivity index (χ2n) is 8.49. The van der Waals surface area contributed by atoms with Crippen molar-refractivity contribution in [1.82, 2.24) is 19.5 Å². The molecule has 0 aromatic carbocycles. The van der Waals surface area contributed by atoms with Crippen molar-refractivity contribution in [3.05, 3.63) is 39.8 Å². The fourth-order valence-electron chi connectivity index (χ4n) is 4.22. The lowest BCUT2D eigenvalue weighted by Crippen LogP contribution is -2.31. The number of nitrogens with two attached hydrogens (primary N) is 1. The van der Waals surface area contributed by atoms with E-state index in [2.05, 4.69) is 9.62 Å². The van der Waals surface area contributed by atoms with Gasteiger partial charge in [0.15, 0.2) is 5.65 Å². The van der Waals surface area contributed by atoms with Gasteiger partial charge in [0.2, 0.25) is 10.0 Å². The summed E-state index contributed by atoms with van der Waals surface area (Å²) in [6, 6.07) is 3.36. The van der Waals surface area contributed by atoms with Gasteiger partial charge in [-0.2, -0.15) is 5.10 Å². The van der Waals surface area contributed by atoms with Crippen LogP contribution in [0, 0.1) is 6.92 Å². The Morgan fingerprint density at radius 1 is 1.45 bits per heavy atom. The number of aryl methyl sites for hydroxylation is 1. The fourth-order valence-corrected chi connectivity index (χ4v) is 5.69. The maximum atomic E-state index is 13.2. The highest BCUT2D eigenvalue weighted by molar-refractivity contribution is 7.92. The van der Waals surface area contributed by atoms with Gasteiger partial charge in [0, 0.05) is 44.0 Å². The Morgan fingerprint density at radius 3 is 2.85 bits per heavy atom. The van der Waals surface area contributed by atoms with Crippen molar-refractivity contribution in [3.8, 4) is 0 Å². The Balaban J connectivity index is 1.62. The number of aromatic nitrogens is 3. The third-order valence-corrected chi connectivity index (χ3v) is 7.31. The third kappa shape index (κ3) is 4.82. The van der Waals surface area contributed by atoms with Crippen LogP contribution in [0.2, 0.25) is 0 Å². The second-order valence-corrected chi connectivity index (χ2v) is 11.2. The Hall–Kier alpha value is -2.70. The van der Waals surface area contributed by atoms with E-state index in [1.54, 1.807) is 27.9 Å². The molecule has 1 amide bonds. The van der Waals surface area contributed by atoms with E-state index < -0.39 is 10.0 Å². The van der Waals surface area contributed by atoms with Crippen LogP contribution in [0.3, 0.4) is 0 Å². The first-order valence-corrected chi connectivity index (χ1v) is 13.5. The maximum Gasteiger partial charge on any atom is 0.266 e. The number of amides is 1. The van der Waals surface area contributed by atoms with Crippen LogP contribution in [-0.4, -0.2) is 66.3 Å². The summed E-state index contributed by atoms with van der Waals surface area (Å²) in [5.41, 5.74) is 8.81. The molecule has 2 atom stereocenters. The van der Waals surface area contributed by atoms with E-state index in [0.717, 1.165) is 42.8 Å². The molecule has 4 heterocycles. The zero-order chi connectivity index (χ0) is 23.9. The Bertz CT molecular complexity index is 1280. The maximum absolute atomic E-state index is 13.2. The van der Waals surface area contributed by atoms with E-state index in [9.17, 15) is 13.2 Å². The van der Waals surface area contributed by atoms with Gasteiger partial charge >= 0.3 is 0 Å². The summed E-state index contributed by atoms with van der Waals surface area (Å²) in [5, 5.41) is 6.40. The number of nitrogens with one attached hydrogen (secondary N) is 1. The zero-order valence-corrected chi connectivity index (χ0v) is 20.8. The summed E-state index contributed by atoms with van der Waals surface area (Å²) in [5.74, 6) is 0.644. The largest absolute Gasteiger partial charge is 0.355 e. The highest BCUT2D eigenvalue weighted by Gasteiger charge is 2.28. The van der Waals surface area contributed by atoms with E-state index in [1.807, 2.05) is 26.1 Å². The van der Waals surface area contributed by atoms with Gasteiger partial charge < -0.3 is 15.5 Å². The van der Waals surface area contributed by atoms with Gasteiger partial charge in [-0.25, -0.2) is 17.9 Å². The predicted octanol–water partition coefficient (Wildman–Crippen LogP) is 2.23. The highest BCUT2D eigenvalue weighted by atomic mass is 32.2. The molecule has 3 N–H and O–H groups in total. The molecule has 0 saturated carbocycles. The van der Waals surface area contributed by atoms with Crippen LogP contribution >= 0.6 is 11.3 Å². The molecular formula is C21H29N7O3S2. The second kappa shape index (κ2) is 8.92. The minimum atomic E-state index is -3.49. The number of carbonyl (C=O) groups is 1. The van der Waals surface area contributed by atoms with Crippen molar-refractivity contribution in [2.24, 2.45) is 5.73 Å². The number of hydrogen-bond acceptors (Lipinski definition) is 8. The monoisotopic (exact) mass is 491 g/mol. The molecule has 3 aromatic rings. The molecule has 0 unspecified atom stereocenters. The van der Waals surface area contributed by atoms with E-state index >= 15 is 0 Å². The minimum absolute atomic E-state index is 0.159. The first kappa shape index (κ1) is 23.5. The number of fused-ring (bicyclic) bond motifs is 1. The fraction of sp³-hybridized carbons (Fsp3) is 0.476. The van der Waals surface area contributed by atoms with Crippen molar-refractivity contribution >= 4 is 44.4 Å². The molecule has 10 nitrogen and oxygen atoms in total. The topological polar surface area (TPSA) is 126 Å². The van der Waals surface area contributed by atoms with E-state index in [1.165, 1.54) is 11.3 Å². The minimum Gasteiger partial charge on any atom is -0.355 e. The Kier molecular flexibility index (Phi) is 6.34. The molecular weight excluding hydrogens is 462 g/mol. The molecule has 1 aliphatic rings. The lowest BCUT2D eigenvalue weighted by Gasteiger charge is -2.25. The number of carbonyl (C=O) groups excluding carboxylic acids is 1. The SMILES string of the molecule is CC[C@@H](c1cc2nc(N3CC[C@H](N)C3)c(C)cn2n1)N(C)C(=O)c1sccc1NS(C)(=O)=O. The van der Waals surface area contributed by atoms with Crippen molar-refractivity contribution < 1.29 is 13.2 Å². The van der Waals surface area contributed by atoms with Crippen molar-refractivity contribution in [3.63, 3.8) is 0 Å². The van der Waals surface area contributed by atoms with Crippen LogP contribution < -0.4 is 15.4 Å². The van der Waals surface area contributed by atoms with Crippen molar-refractivity contribution in [2.45, 2.75) is 38.8 Å². The summed E-state index contributed by atoms with van der Waals surface area (Å²) in [7, 11) is -1.78. The van der Waals surface area contributed by atoms with Crippen LogP contribution in [0.25, 0.3) is 5.65 Å². The molecule has 0 radical (unpaired) electrons. The average molecular weight is 492 g/mol. The van der Waals surface area contributed by atoms with E-state index in [4.69, 9.17) is 15.8 Å². The summed E-state index contributed by atoms with van der Waals surface area (Å²) in [6.07, 6.45) is 4.60. The lowest BCUT2D eigenvalue weighted by molar-refractivity contribution is 0.0728. The van der Waals surface area contributed by atoms with Gasteiger partial charge in [-0.1, -0.05) is 6.92 Å². The van der Waals surface area contributed by atoms with Gasteiger partial charge in [0.1, 0.15) is 10.7 Å². The predicted molar refractivity (Wildman–Crippen MR) is 130 cm³/mol. The molecule has 0 bridgehead atoms. The number of thiophene rings is 1. The van der Waals surface area contributed by atoms with Crippen molar-refractivity contribution in [1.29, 1.82) is 0 Å². The van der Waals surface area contributed by atoms with Crippen LogP contribution in [-0.2, 0) is 10.0 Å². The molecule has 0 spiro atoms. The quantitative estimate of drug-likeness (QED) is 0.519. The summed E-state index contributed by atoms with van der Waals surface area (Å²) in [4.78, 5) is 22.2. The van der Waals surface area contributed by atoms with E-state index in [-0.39, 0.29) is 23.7 Å². The van der Waals surface area contributed by atoms with Gasteiger partial charge in [-0.05, 0) is 31.2 Å². The number of hydrogen-bond donors (Lipinski definition) is 2.